The number of halogens is 4. The molecule has 27 heavy (non-hydrogen) atoms. The molecule has 0 unspecified atom stereocenters. The molecule has 0 saturated carbocycles. The number of ether oxygens (including phenoxy) is 2. The molecular weight excluding hydrogens is 403 g/mol. The quantitative estimate of drug-likeness (QED) is 0.589. The molecule has 0 bridgehead atoms. The van der Waals surface area contributed by atoms with E-state index in [0.29, 0.717) is 19.4 Å². The van der Waals surface area contributed by atoms with Crippen molar-refractivity contribution in [1.29, 1.82) is 0 Å². The van der Waals surface area contributed by atoms with Gasteiger partial charge in [-0.2, -0.15) is 8.78 Å². The van der Waals surface area contributed by atoms with Gasteiger partial charge in [0, 0.05) is 18.0 Å². The molecule has 1 aromatic heterocycles. The van der Waals surface area contributed by atoms with Crippen LogP contribution in [0.2, 0.25) is 10.0 Å². The van der Waals surface area contributed by atoms with Crippen molar-refractivity contribution in [2.75, 3.05) is 18.5 Å². The van der Waals surface area contributed by atoms with E-state index in [-0.39, 0.29) is 39.4 Å². The molecule has 0 spiro atoms. The summed E-state index contributed by atoms with van der Waals surface area (Å²) in [7, 11) is 0. The van der Waals surface area contributed by atoms with E-state index in [1.54, 1.807) is 0 Å². The zero-order chi connectivity index (χ0) is 19.8. The molecule has 0 radical (unpaired) electrons. The molecule has 1 heterocycles. The number of nitrogens with zero attached hydrogens (tertiary/aromatic N) is 1. The Morgan fingerprint density at radius 2 is 1.89 bits per heavy atom. The van der Waals surface area contributed by atoms with Crippen molar-refractivity contribution < 1.29 is 23.0 Å². The van der Waals surface area contributed by atoms with Gasteiger partial charge in [-0.05, 0) is 37.6 Å². The van der Waals surface area contributed by atoms with Gasteiger partial charge in [0.2, 0.25) is 0 Å². The molecule has 1 aromatic carbocycles. The zero-order valence-electron chi connectivity index (χ0n) is 14.1. The number of pyridine rings is 1. The zero-order valence-corrected chi connectivity index (χ0v) is 15.6. The number of hydrogen-bond acceptors (Lipinski definition) is 5. The molecule has 146 valence electrons. The number of alkyl halides is 2. The Kier molecular flexibility index (Phi) is 8.02. The maximum Gasteiger partial charge on any atom is 0.387 e. The minimum Gasteiger partial charge on any atom is -0.490 e. The lowest BCUT2D eigenvalue weighted by Gasteiger charge is -2.14. The molecule has 2 rings (SSSR count). The van der Waals surface area contributed by atoms with Crippen LogP contribution in [0, 0.1) is 0 Å². The average Bonchev–Trinajstić information content (AvgIpc) is 2.62. The summed E-state index contributed by atoms with van der Waals surface area (Å²) >= 11 is 11.9. The van der Waals surface area contributed by atoms with Crippen molar-refractivity contribution in [3.8, 4) is 11.5 Å². The summed E-state index contributed by atoms with van der Waals surface area (Å²) in [5.74, 6) is -0.707. The van der Waals surface area contributed by atoms with Gasteiger partial charge in [-0.3, -0.25) is 9.78 Å². The number of anilines is 1. The maximum atomic E-state index is 12.6. The number of carbonyl (C=O) groups excluding carboxylic acids is 1. The number of hydrogen-bond donors (Lipinski definition) is 2. The van der Waals surface area contributed by atoms with E-state index in [2.05, 4.69) is 15.0 Å². The van der Waals surface area contributed by atoms with Crippen LogP contribution in [0.5, 0.6) is 11.5 Å². The molecule has 10 heteroatoms. The number of rotatable bonds is 9. The Morgan fingerprint density at radius 1 is 1.19 bits per heavy atom. The summed E-state index contributed by atoms with van der Waals surface area (Å²) in [6.07, 6.45) is 4.00. The number of carbonyl (C=O) groups is 1. The lowest BCUT2D eigenvalue weighted by atomic mass is 10.2. The van der Waals surface area contributed by atoms with Crippen LogP contribution in [0.4, 0.5) is 14.5 Å². The molecule has 0 atom stereocenters. The van der Waals surface area contributed by atoms with Crippen molar-refractivity contribution in [1.82, 2.24) is 4.98 Å². The van der Waals surface area contributed by atoms with Crippen molar-refractivity contribution in [3.05, 3.63) is 46.2 Å². The third-order valence-electron chi connectivity index (χ3n) is 3.37. The van der Waals surface area contributed by atoms with Gasteiger partial charge in [0.15, 0.2) is 11.5 Å². The van der Waals surface area contributed by atoms with Crippen molar-refractivity contribution in [3.63, 3.8) is 0 Å². The van der Waals surface area contributed by atoms with Crippen LogP contribution in [-0.4, -0.2) is 30.7 Å². The van der Waals surface area contributed by atoms with Gasteiger partial charge in [-0.1, -0.05) is 23.2 Å². The number of nitrogens with two attached hydrogens (primary N) is 1. The molecule has 2 aromatic rings. The van der Waals surface area contributed by atoms with Crippen LogP contribution in [-0.2, 0) is 0 Å². The Bertz CT molecular complexity index is 774. The minimum atomic E-state index is -3.02. The first kappa shape index (κ1) is 21.1. The van der Waals surface area contributed by atoms with E-state index in [9.17, 15) is 13.6 Å². The van der Waals surface area contributed by atoms with Gasteiger partial charge in [0.25, 0.3) is 5.91 Å². The summed E-state index contributed by atoms with van der Waals surface area (Å²) in [4.78, 5) is 16.3. The molecule has 6 nitrogen and oxygen atoms in total. The second kappa shape index (κ2) is 10.2. The highest BCUT2D eigenvalue weighted by Crippen LogP contribution is 2.32. The summed E-state index contributed by atoms with van der Waals surface area (Å²) in [6, 6.07) is 3.86. The van der Waals surface area contributed by atoms with E-state index in [4.69, 9.17) is 33.7 Å². The molecule has 0 aliphatic carbocycles. The first-order chi connectivity index (χ1) is 12.9. The maximum absolute atomic E-state index is 12.6. The molecular formula is C17H17Cl2F2N3O3. The second-order valence-electron chi connectivity index (χ2n) is 5.32. The van der Waals surface area contributed by atoms with E-state index in [0.717, 1.165) is 0 Å². The summed E-state index contributed by atoms with van der Waals surface area (Å²) in [5, 5.41) is 2.87. The third kappa shape index (κ3) is 6.20. The lowest BCUT2D eigenvalue weighted by molar-refractivity contribution is -0.0515. The molecule has 0 aliphatic rings. The lowest BCUT2D eigenvalue weighted by Crippen LogP contribution is -2.14. The fourth-order valence-electron chi connectivity index (χ4n) is 2.10. The van der Waals surface area contributed by atoms with E-state index in [1.165, 1.54) is 30.6 Å². The van der Waals surface area contributed by atoms with Crippen molar-refractivity contribution in [2.45, 2.75) is 19.5 Å². The van der Waals surface area contributed by atoms with Gasteiger partial charge < -0.3 is 20.5 Å². The largest absolute Gasteiger partial charge is 0.490 e. The van der Waals surface area contributed by atoms with Gasteiger partial charge >= 0.3 is 6.61 Å². The SMILES string of the molecule is NCCCCOc1cc(C(=O)Nc2c(Cl)cncc2Cl)ccc1OC(F)F. The molecule has 1 amide bonds. The topological polar surface area (TPSA) is 86.5 Å². The monoisotopic (exact) mass is 419 g/mol. The standard InChI is InChI=1S/C17H17Cl2F2N3O3/c18-11-8-23-9-12(19)15(11)24-16(25)10-3-4-13(27-17(20)21)14(7-10)26-6-2-1-5-22/h3-4,7-9,17H,1-2,5-6,22H2,(H,23,24,25). The smallest absolute Gasteiger partial charge is 0.387 e. The summed E-state index contributed by atoms with van der Waals surface area (Å²) in [6.45, 7) is -2.30. The fraction of sp³-hybridized carbons (Fsp3) is 0.294. The number of nitrogens with one attached hydrogen (secondary N) is 1. The Balaban J connectivity index is 2.21. The summed E-state index contributed by atoms with van der Waals surface area (Å²) in [5.41, 5.74) is 5.75. The Labute approximate surface area is 164 Å². The van der Waals surface area contributed by atoms with E-state index in [1.807, 2.05) is 0 Å². The minimum absolute atomic E-state index is 0.0203. The van der Waals surface area contributed by atoms with E-state index < -0.39 is 12.5 Å². The normalized spacial score (nSPS) is 10.7. The van der Waals surface area contributed by atoms with Gasteiger partial charge in [0.05, 0.1) is 22.3 Å². The molecule has 0 saturated heterocycles. The molecule has 3 N–H and O–H groups in total. The Morgan fingerprint density at radius 3 is 2.52 bits per heavy atom. The van der Waals surface area contributed by atoms with Gasteiger partial charge in [0.1, 0.15) is 0 Å². The number of unbranched alkanes of at least 4 members (excludes halogenated alkanes) is 1. The van der Waals surface area contributed by atoms with Crippen LogP contribution in [0.25, 0.3) is 0 Å². The highest BCUT2D eigenvalue weighted by molar-refractivity contribution is 6.39. The van der Waals surface area contributed by atoms with Crippen molar-refractivity contribution in [2.24, 2.45) is 5.73 Å². The predicted molar refractivity (Wildman–Crippen MR) is 99.1 cm³/mol. The van der Waals surface area contributed by atoms with Crippen molar-refractivity contribution >= 4 is 34.8 Å². The first-order valence-corrected chi connectivity index (χ1v) is 8.70. The predicted octanol–water partition coefficient (Wildman–Crippen LogP) is 4.36. The van der Waals surface area contributed by atoms with Crippen LogP contribution in [0.3, 0.4) is 0 Å². The third-order valence-corrected chi connectivity index (χ3v) is 3.94. The van der Waals surface area contributed by atoms with Gasteiger partial charge in [-0.15, -0.1) is 0 Å². The molecule has 0 aliphatic heterocycles. The highest BCUT2D eigenvalue weighted by Gasteiger charge is 2.17. The molecule has 0 fully saturated rings. The van der Waals surface area contributed by atoms with Crippen LogP contribution in [0.1, 0.15) is 23.2 Å². The van der Waals surface area contributed by atoms with Crippen LogP contribution >= 0.6 is 23.2 Å². The average molecular weight is 420 g/mol. The van der Waals surface area contributed by atoms with E-state index >= 15 is 0 Å². The highest BCUT2D eigenvalue weighted by atomic mass is 35.5. The summed E-state index contributed by atoms with van der Waals surface area (Å²) < 4.78 is 35.0. The Hall–Kier alpha value is -2.16. The number of benzene rings is 1. The fourth-order valence-corrected chi connectivity index (χ4v) is 2.56. The number of amides is 1. The number of aromatic nitrogens is 1. The van der Waals surface area contributed by atoms with Crippen LogP contribution in [0.15, 0.2) is 30.6 Å². The van der Waals surface area contributed by atoms with Gasteiger partial charge in [-0.25, -0.2) is 0 Å². The first-order valence-electron chi connectivity index (χ1n) is 7.94. The second-order valence-corrected chi connectivity index (χ2v) is 6.13. The van der Waals surface area contributed by atoms with Crippen LogP contribution < -0.4 is 20.5 Å².